The van der Waals surface area contributed by atoms with Crippen LogP contribution in [0.2, 0.25) is 0 Å². The van der Waals surface area contributed by atoms with Crippen molar-refractivity contribution in [3.8, 4) is 0 Å². The Morgan fingerprint density at radius 3 is 3.14 bits per heavy atom. The van der Waals surface area contributed by atoms with Crippen molar-refractivity contribution in [2.24, 2.45) is 10.9 Å². The zero-order valence-electron chi connectivity index (χ0n) is 8.49. The molecule has 5 heteroatoms. The molecule has 1 atom stereocenters. The number of hydrogen-bond donors (Lipinski definition) is 0. The lowest BCUT2D eigenvalue weighted by Gasteiger charge is -2.09. The molecule has 0 aliphatic carbocycles. The molecule has 14 heavy (non-hydrogen) atoms. The molecule has 0 fully saturated rings. The average molecular weight is 217 g/mol. The van der Waals surface area contributed by atoms with Gasteiger partial charge >= 0.3 is 5.97 Å². The second-order valence-corrected chi connectivity index (χ2v) is 4.09. The third-order valence-electron chi connectivity index (χ3n) is 1.85. The van der Waals surface area contributed by atoms with E-state index >= 15 is 0 Å². The number of esters is 1. The van der Waals surface area contributed by atoms with Gasteiger partial charge in [-0.3, -0.25) is 9.79 Å². The van der Waals surface area contributed by atoms with Crippen LogP contribution in [0.25, 0.3) is 0 Å². The summed E-state index contributed by atoms with van der Waals surface area (Å²) >= 11 is 1.55. The van der Waals surface area contributed by atoms with E-state index in [2.05, 4.69) is 16.7 Å². The number of carbonyl (C=O) groups is 1. The van der Waals surface area contributed by atoms with E-state index in [1.807, 2.05) is 0 Å². The summed E-state index contributed by atoms with van der Waals surface area (Å²) in [7, 11) is 1.40. The summed E-state index contributed by atoms with van der Waals surface area (Å²) in [6.45, 7) is 3.51. The normalized spacial score (nSPS) is 17.1. The Kier molecular flexibility index (Phi) is 4.79. The van der Waals surface area contributed by atoms with E-state index in [9.17, 15) is 4.79 Å². The second kappa shape index (κ2) is 5.90. The molecule has 0 saturated heterocycles. The summed E-state index contributed by atoms with van der Waals surface area (Å²) in [4.78, 5) is 15.0. The van der Waals surface area contributed by atoms with Gasteiger partial charge in [-0.2, -0.15) is 0 Å². The summed E-state index contributed by atoms with van der Waals surface area (Å²) in [5.74, 6) is 2.16. The predicted octanol–water partition coefficient (Wildman–Crippen LogP) is 0.957. The summed E-state index contributed by atoms with van der Waals surface area (Å²) in [5.41, 5.74) is 0. The number of hydrogen-bond acceptors (Lipinski definition) is 5. The molecule has 1 aliphatic heterocycles. The van der Waals surface area contributed by atoms with Crippen molar-refractivity contribution in [3.05, 3.63) is 0 Å². The van der Waals surface area contributed by atoms with Crippen LogP contribution < -0.4 is 0 Å². The molecule has 0 radical (unpaired) electrons. The van der Waals surface area contributed by atoms with Gasteiger partial charge in [0.15, 0.2) is 5.90 Å². The van der Waals surface area contributed by atoms with Gasteiger partial charge in [0.25, 0.3) is 0 Å². The van der Waals surface area contributed by atoms with Crippen molar-refractivity contribution in [2.45, 2.75) is 6.92 Å². The lowest BCUT2D eigenvalue weighted by atomic mass is 10.2. The Labute approximate surface area is 88.1 Å². The summed E-state index contributed by atoms with van der Waals surface area (Å²) < 4.78 is 9.86. The molecule has 0 spiro atoms. The van der Waals surface area contributed by atoms with Crippen LogP contribution in [-0.4, -0.2) is 43.6 Å². The van der Waals surface area contributed by atoms with E-state index in [0.717, 1.165) is 18.2 Å². The quantitative estimate of drug-likeness (QED) is 0.643. The molecule has 0 aromatic rings. The first-order chi connectivity index (χ1) is 6.74. The Bertz CT molecular complexity index is 230. The molecular formula is C9H15NO3S. The lowest BCUT2D eigenvalue weighted by molar-refractivity contribution is -0.137. The van der Waals surface area contributed by atoms with Gasteiger partial charge in [0.05, 0.1) is 19.4 Å². The first-order valence-electron chi connectivity index (χ1n) is 4.55. The highest BCUT2D eigenvalue weighted by Gasteiger charge is 2.16. The van der Waals surface area contributed by atoms with E-state index in [1.54, 1.807) is 11.8 Å². The molecule has 0 bridgehead atoms. The zero-order valence-corrected chi connectivity index (χ0v) is 9.30. The number of methoxy groups -OCH3 is 1. The van der Waals surface area contributed by atoms with Crippen LogP contribution in [0.3, 0.4) is 0 Å². The molecule has 0 amide bonds. The van der Waals surface area contributed by atoms with Crippen molar-refractivity contribution in [2.75, 3.05) is 31.8 Å². The topological polar surface area (TPSA) is 47.9 Å². The van der Waals surface area contributed by atoms with Crippen molar-refractivity contribution >= 4 is 23.6 Å². The molecule has 80 valence electrons. The van der Waals surface area contributed by atoms with Crippen molar-refractivity contribution in [1.29, 1.82) is 0 Å². The SMILES string of the molecule is COC(=O)CSCC(C)C1=NCCO1. The number of ether oxygens (including phenoxy) is 2. The first-order valence-corrected chi connectivity index (χ1v) is 5.71. The van der Waals surface area contributed by atoms with Crippen LogP contribution in [0.4, 0.5) is 0 Å². The Hall–Kier alpha value is -0.710. The highest BCUT2D eigenvalue weighted by atomic mass is 32.2. The number of carbonyl (C=O) groups excluding carboxylic acids is 1. The second-order valence-electron chi connectivity index (χ2n) is 3.06. The van der Waals surface area contributed by atoms with Crippen molar-refractivity contribution in [3.63, 3.8) is 0 Å². The van der Waals surface area contributed by atoms with E-state index in [4.69, 9.17) is 4.74 Å². The van der Waals surface area contributed by atoms with Gasteiger partial charge in [0.2, 0.25) is 0 Å². The fourth-order valence-electron chi connectivity index (χ4n) is 1.10. The lowest BCUT2D eigenvalue weighted by Crippen LogP contribution is -2.15. The molecule has 0 saturated carbocycles. The maximum absolute atomic E-state index is 10.8. The van der Waals surface area contributed by atoms with Crippen molar-refractivity contribution < 1.29 is 14.3 Å². The summed E-state index contributed by atoms with van der Waals surface area (Å²) in [6.07, 6.45) is 0. The minimum Gasteiger partial charge on any atom is -0.479 e. The van der Waals surface area contributed by atoms with E-state index in [0.29, 0.717) is 12.4 Å². The van der Waals surface area contributed by atoms with E-state index in [1.165, 1.54) is 7.11 Å². The predicted molar refractivity (Wildman–Crippen MR) is 56.8 cm³/mol. The van der Waals surface area contributed by atoms with Crippen LogP contribution in [-0.2, 0) is 14.3 Å². The van der Waals surface area contributed by atoms with Gasteiger partial charge in [0.1, 0.15) is 6.61 Å². The number of rotatable bonds is 5. The van der Waals surface area contributed by atoms with Gasteiger partial charge in [-0.15, -0.1) is 11.8 Å². The highest BCUT2D eigenvalue weighted by Crippen LogP contribution is 2.13. The van der Waals surface area contributed by atoms with Gasteiger partial charge < -0.3 is 9.47 Å². The fraction of sp³-hybridized carbons (Fsp3) is 0.778. The van der Waals surface area contributed by atoms with E-state index in [-0.39, 0.29) is 11.9 Å². The summed E-state index contributed by atoms with van der Waals surface area (Å²) in [5, 5.41) is 0. The molecule has 1 aliphatic rings. The average Bonchev–Trinajstić information content (AvgIpc) is 2.70. The van der Waals surface area contributed by atoms with Crippen LogP contribution in [0.5, 0.6) is 0 Å². The van der Waals surface area contributed by atoms with Gasteiger partial charge in [-0.25, -0.2) is 0 Å². The standard InChI is InChI=1S/C9H15NO3S/c1-7(9-10-3-4-13-9)5-14-6-8(11)12-2/h7H,3-6H2,1-2H3. The smallest absolute Gasteiger partial charge is 0.315 e. The van der Waals surface area contributed by atoms with Gasteiger partial charge in [0, 0.05) is 11.7 Å². The van der Waals surface area contributed by atoms with Crippen LogP contribution >= 0.6 is 11.8 Å². The van der Waals surface area contributed by atoms with E-state index < -0.39 is 0 Å². The van der Waals surface area contributed by atoms with Gasteiger partial charge in [-0.1, -0.05) is 6.92 Å². The highest BCUT2D eigenvalue weighted by molar-refractivity contribution is 7.99. The zero-order chi connectivity index (χ0) is 10.4. The molecular weight excluding hydrogens is 202 g/mol. The van der Waals surface area contributed by atoms with Crippen LogP contribution in [0.15, 0.2) is 4.99 Å². The van der Waals surface area contributed by atoms with Crippen molar-refractivity contribution in [1.82, 2.24) is 0 Å². The summed E-state index contributed by atoms with van der Waals surface area (Å²) in [6, 6.07) is 0. The number of aliphatic imine (C=N–C) groups is 1. The minimum atomic E-state index is -0.184. The third-order valence-corrected chi connectivity index (χ3v) is 3.02. The monoisotopic (exact) mass is 217 g/mol. The molecule has 0 aromatic heterocycles. The molecule has 0 N–H and O–H groups in total. The molecule has 1 rings (SSSR count). The Morgan fingerprint density at radius 2 is 2.57 bits per heavy atom. The maximum atomic E-state index is 10.8. The fourth-order valence-corrected chi connectivity index (χ4v) is 2.00. The number of thioether (sulfide) groups is 1. The first kappa shape index (κ1) is 11.4. The van der Waals surface area contributed by atoms with Crippen LogP contribution in [0, 0.1) is 5.92 Å². The van der Waals surface area contributed by atoms with Gasteiger partial charge in [-0.05, 0) is 0 Å². The third kappa shape index (κ3) is 3.57. The Balaban J connectivity index is 2.14. The maximum Gasteiger partial charge on any atom is 0.315 e. The van der Waals surface area contributed by atoms with Crippen LogP contribution in [0.1, 0.15) is 6.92 Å². The Morgan fingerprint density at radius 1 is 1.79 bits per heavy atom. The molecule has 4 nitrogen and oxygen atoms in total. The minimum absolute atomic E-state index is 0.184. The molecule has 0 aromatic carbocycles. The molecule has 1 unspecified atom stereocenters. The molecule has 1 heterocycles. The number of nitrogens with zero attached hydrogens (tertiary/aromatic N) is 1. The largest absolute Gasteiger partial charge is 0.479 e.